The minimum Gasteiger partial charge on any atom is -0.327 e. The van der Waals surface area contributed by atoms with E-state index < -0.39 is 0 Å². The predicted molar refractivity (Wildman–Crippen MR) is 98.1 cm³/mol. The van der Waals surface area contributed by atoms with Crippen molar-refractivity contribution in [3.8, 4) is 0 Å². The summed E-state index contributed by atoms with van der Waals surface area (Å²) in [5.41, 5.74) is 8.70. The van der Waals surface area contributed by atoms with Crippen LogP contribution in [0.5, 0.6) is 0 Å². The lowest BCUT2D eigenvalue weighted by molar-refractivity contribution is 0.186. The third-order valence-electron chi connectivity index (χ3n) is 3.99. The van der Waals surface area contributed by atoms with E-state index in [1.54, 1.807) is 0 Å². The number of nitrogens with two attached hydrogens (primary N) is 1. The van der Waals surface area contributed by atoms with Crippen molar-refractivity contribution in [2.75, 3.05) is 13.1 Å². The summed E-state index contributed by atoms with van der Waals surface area (Å²) in [6.07, 6.45) is 0. The van der Waals surface area contributed by atoms with E-state index in [-0.39, 0.29) is 6.04 Å². The summed E-state index contributed by atoms with van der Waals surface area (Å²) >= 11 is 0. The SMILES string of the molecule is CC(N)CN(Cc1ccccc1)C(C)CNCc1ccccc1. The Balaban J connectivity index is 1.87. The van der Waals surface area contributed by atoms with Crippen LogP contribution in [0.25, 0.3) is 0 Å². The molecule has 23 heavy (non-hydrogen) atoms. The van der Waals surface area contributed by atoms with E-state index in [1.165, 1.54) is 11.1 Å². The molecule has 124 valence electrons. The Hall–Kier alpha value is -1.68. The highest BCUT2D eigenvalue weighted by Crippen LogP contribution is 2.09. The van der Waals surface area contributed by atoms with Gasteiger partial charge in [-0.15, -0.1) is 0 Å². The molecule has 0 saturated heterocycles. The Bertz CT molecular complexity index is 539. The zero-order valence-corrected chi connectivity index (χ0v) is 14.3. The highest BCUT2D eigenvalue weighted by atomic mass is 15.2. The van der Waals surface area contributed by atoms with E-state index in [9.17, 15) is 0 Å². The topological polar surface area (TPSA) is 41.3 Å². The number of hydrogen-bond acceptors (Lipinski definition) is 3. The average molecular weight is 311 g/mol. The monoisotopic (exact) mass is 311 g/mol. The summed E-state index contributed by atoms with van der Waals surface area (Å²) in [6, 6.07) is 21.7. The van der Waals surface area contributed by atoms with Crippen LogP contribution in [0.15, 0.2) is 60.7 Å². The predicted octanol–water partition coefficient (Wildman–Crippen LogP) is 3.01. The maximum absolute atomic E-state index is 6.04. The second kappa shape index (κ2) is 9.46. The Morgan fingerprint density at radius 3 is 2.04 bits per heavy atom. The van der Waals surface area contributed by atoms with Gasteiger partial charge in [-0.25, -0.2) is 0 Å². The van der Waals surface area contributed by atoms with Crippen molar-refractivity contribution in [2.45, 2.75) is 39.0 Å². The van der Waals surface area contributed by atoms with Crippen LogP contribution in [0.4, 0.5) is 0 Å². The van der Waals surface area contributed by atoms with Crippen molar-refractivity contribution in [3.63, 3.8) is 0 Å². The molecule has 0 aliphatic rings. The van der Waals surface area contributed by atoms with Crippen LogP contribution in [-0.2, 0) is 13.1 Å². The first-order chi connectivity index (χ1) is 11.1. The normalized spacial score (nSPS) is 13.9. The molecule has 2 atom stereocenters. The summed E-state index contributed by atoms with van der Waals surface area (Å²) in [6.45, 7) is 8.04. The number of benzene rings is 2. The van der Waals surface area contributed by atoms with Crippen molar-refractivity contribution in [1.82, 2.24) is 10.2 Å². The molecule has 3 N–H and O–H groups in total. The van der Waals surface area contributed by atoms with Crippen LogP contribution >= 0.6 is 0 Å². The zero-order valence-electron chi connectivity index (χ0n) is 14.3. The molecule has 0 spiro atoms. The molecule has 2 aromatic carbocycles. The molecule has 2 unspecified atom stereocenters. The van der Waals surface area contributed by atoms with Crippen molar-refractivity contribution >= 4 is 0 Å². The lowest BCUT2D eigenvalue weighted by Gasteiger charge is -2.31. The van der Waals surface area contributed by atoms with Gasteiger partial charge in [-0.2, -0.15) is 0 Å². The van der Waals surface area contributed by atoms with Gasteiger partial charge in [0.25, 0.3) is 0 Å². The fourth-order valence-electron chi connectivity index (χ4n) is 2.74. The van der Waals surface area contributed by atoms with E-state index in [1.807, 2.05) is 0 Å². The van der Waals surface area contributed by atoms with Crippen molar-refractivity contribution in [1.29, 1.82) is 0 Å². The van der Waals surface area contributed by atoms with E-state index >= 15 is 0 Å². The quantitative estimate of drug-likeness (QED) is 0.748. The Labute approximate surface area is 140 Å². The average Bonchev–Trinajstić information content (AvgIpc) is 2.56. The van der Waals surface area contributed by atoms with E-state index in [0.717, 1.165) is 26.2 Å². The standard InChI is InChI=1S/C20H29N3/c1-17(21)15-23(16-20-11-7-4-8-12-20)18(2)13-22-14-19-9-5-3-6-10-19/h3-12,17-18,22H,13-16,21H2,1-2H3. The van der Waals surface area contributed by atoms with Gasteiger partial charge < -0.3 is 11.1 Å². The highest BCUT2D eigenvalue weighted by Gasteiger charge is 2.15. The van der Waals surface area contributed by atoms with Crippen molar-refractivity contribution < 1.29 is 0 Å². The lowest BCUT2D eigenvalue weighted by Crippen LogP contribution is -2.44. The molecule has 0 bridgehead atoms. The van der Waals surface area contributed by atoms with Gasteiger partial charge in [0.1, 0.15) is 0 Å². The number of nitrogens with zero attached hydrogens (tertiary/aromatic N) is 1. The van der Waals surface area contributed by atoms with Crippen LogP contribution in [0.1, 0.15) is 25.0 Å². The molecule has 0 aromatic heterocycles. The Kier molecular flexibility index (Phi) is 7.27. The lowest BCUT2D eigenvalue weighted by atomic mass is 10.1. The first kappa shape index (κ1) is 17.7. The molecule has 0 heterocycles. The van der Waals surface area contributed by atoms with Gasteiger partial charge in [0.05, 0.1) is 0 Å². The summed E-state index contributed by atoms with van der Waals surface area (Å²) in [5.74, 6) is 0. The molecule has 0 aliphatic carbocycles. The molecule has 0 amide bonds. The Morgan fingerprint density at radius 1 is 0.913 bits per heavy atom. The number of nitrogens with one attached hydrogen (secondary N) is 1. The molecule has 0 fully saturated rings. The third-order valence-corrected chi connectivity index (χ3v) is 3.99. The van der Waals surface area contributed by atoms with Crippen LogP contribution in [-0.4, -0.2) is 30.1 Å². The molecular weight excluding hydrogens is 282 g/mol. The van der Waals surface area contributed by atoms with Gasteiger partial charge in [-0.3, -0.25) is 4.90 Å². The molecule has 0 radical (unpaired) electrons. The summed E-state index contributed by atoms with van der Waals surface area (Å²) in [5, 5.41) is 3.56. The first-order valence-corrected chi connectivity index (χ1v) is 8.43. The molecule has 3 heteroatoms. The number of hydrogen-bond donors (Lipinski definition) is 2. The summed E-state index contributed by atoms with van der Waals surface area (Å²) in [7, 11) is 0. The van der Waals surface area contributed by atoms with Crippen molar-refractivity contribution in [2.24, 2.45) is 5.73 Å². The molecular formula is C20H29N3. The van der Waals surface area contributed by atoms with Gasteiger partial charge in [0, 0.05) is 38.3 Å². The summed E-state index contributed by atoms with van der Waals surface area (Å²) < 4.78 is 0. The van der Waals surface area contributed by atoms with E-state index in [0.29, 0.717) is 6.04 Å². The van der Waals surface area contributed by atoms with E-state index in [2.05, 4.69) is 84.7 Å². The Morgan fingerprint density at radius 2 is 1.48 bits per heavy atom. The fraction of sp³-hybridized carbons (Fsp3) is 0.400. The molecule has 3 nitrogen and oxygen atoms in total. The maximum atomic E-state index is 6.04. The first-order valence-electron chi connectivity index (χ1n) is 8.43. The fourth-order valence-corrected chi connectivity index (χ4v) is 2.74. The van der Waals surface area contributed by atoms with Crippen LogP contribution in [0.3, 0.4) is 0 Å². The van der Waals surface area contributed by atoms with Crippen LogP contribution < -0.4 is 11.1 Å². The smallest absolute Gasteiger partial charge is 0.0237 e. The summed E-state index contributed by atoms with van der Waals surface area (Å²) in [4.78, 5) is 2.46. The van der Waals surface area contributed by atoms with Gasteiger partial charge in [0.2, 0.25) is 0 Å². The molecule has 2 aromatic rings. The minimum absolute atomic E-state index is 0.176. The second-order valence-electron chi connectivity index (χ2n) is 6.36. The number of rotatable bonds is 9. The maximum Gasteiger partial charge on any atom is 0.0237 e. The molecule has 2 rings (SSSR count). The minimum atomic E-state index is 0.176. The van der Waals surface area contributed by atoms with Gasteiger partial charge in [-0.05, 0) is 25.0 Å². The molecule has 0 aliphatic heterocycles. The largest absolute Gasteiger partial charge is 0.327 e. The second-order valence-corrected chi connectivity index (χ2v) is 6.36. The van der Waals surface area contributed by atoms with Gasteiger partial charge in [0.15, 0.2) is 0 Å². The van der Waals surface area contributed by atoms with Crippen LogP contribution in [0.2, 0.25) is 0 Å². The van der Waals surface area contributed by atoms with Crippen LogP contribution in [0, 0.1) is 0 Å². The zero-order chi connectivity index (χ0) is 16.5. The van der Waals surface area contributed by atoms with Gasteiger partial charge in [-0.1, -0.05) is 60.7 Å². The third kappa shape index (κ3) is 6.53. The van der Waals surface area contributed by atoms with Gasteiger partial charge >= 0.3 is 0 Å². The van der Waals surface area contributed by atoms with E-state index in [4.69, 9.17) is 5.73 Å². The highest BCUT2D eigenvalue weighted by molar-refractivity contribution is 5.15. The van der Waals surface area contributed by atoms with Crippen molar-refractivity contribution in [3.05, 3.63) is 71.8 Å². The molecule has 0 saturated carbocycles.